The molecule has 1 unspecified atom stereocenters. The van der Waals surface area contributed by atoms with Crippen LogP contribution in [-0.2, 0) is 6.42 Å². The van der Waals surface area contributed by atoms with Crippen molar-refractivity contribution in [1.82, 2.24) is 5.32 Å². The number of carbonyl (C=O) groups is 1. The molecule has 24 heavy (non-hydrogen) atoms. The van der Waals surface area contributed by atoms with Crippen molar-refractivity contribution < 1.29 is 19.1 Å². The van der Waals surface area contributed by atoms with E-state index in [1.807, 2.05) is 33.8 Å². The molecule has 1 aromatic carbocycles. The number of ketones is 1. The van der Waals surface area contributed by atoms with E-state index < -0.39 is 6.10 Å². The van der Waals surface area contributed by atoms with E-state index in [1.165, 1.54) is 0 Å². The number of rotatable bonds is 9. The lowest BCUT2D eigenvalue weighted by Gasteiger charge is -2.15. The Labute approximate surface area is 143 Å². The second-order valence-corrected chi connectivity index (χ2v) is 6.22. The zero-order chi connectivity index (χ0) is 17.7. The number of ether oxygens (including phenoxy) is 1. The van der Waals surface area contributed by atoms with Gasteiger partial charge in [0.15, 0.2) is 17.1 Å². The molecule has 0 fully saturated rings. The summed E-state index contributed by atoms with van der Waals surface area (Å²) >= 11 is 0. The second-order valence-electron chi connectivity index (χ2n) is 6.22. The SMILES string of the molecule is CCC(=O)c1ccc(OCC(O)CNC(C)C)c2oc(CC)cc12. The number of carbonyl (C=O) groups excluding carboxylic acids is 1. The molecule has 1 heterocycles. The average Bonchev–Trinajstić information content (AvgIpc) is 3.01. The number of nitrogens with one attached hydrogen (secondary N) is 1. The van der Waals surface area contributed by atoms with Crippen molar-refractivity contribution in [3.05, 3.63) is 29.5 Å². The first-order valence-corrected chi connectivity index (χ1v) is 8.59. The van der Waals surface area contributed by atoms with Crippen molar-refractivity contribution in [3.8, 4) is 5.75 Å². The Morgan fingerprint density at radius 2 is 2.08 bits per heavy atom. The smallest absolute Gasteiger partial charge is 0.176 e. The minimum Gasteiger partial charge on any atom is -0.487 e. The minimum atomic E-state index is -0.611. The fraction of sp³-hybridized carbons (Fsp3) is 0.526. The highest BCUT2D eigenvalue weighted by molar-refractivity contribution is 6.08. The van der Waals surface area contributed by atoms with Gasteiger partial charge in [0.05, 0.1) is 0 Å². The van der Waals surface area contributed by atoms with Crippen LogP contribution in [-0.4, -0.2) is 36.2 Å². The summed E-state index contributed by atoms with van der Waals surface area (Å²) in [7, 11) is 0. The number of benzene rings is 1. The molecule has 0 aliphatic rings. The van der Waals surface area contributed by atoms with E-state index in [2.05, 4.69) is 5.32 Å². The molecule has 132 valence electrons. The van der Waals surface area contributed by atoms with Gasteiger partial charge in [-0.2, -0.15) is 0 Å². The van der Waals surface area contributed by atoms with Crippen molar-refractivity contribution in [2.45, 2.75) is 52.7 Å². The number of fused-ring (bicyclic) bond motifs is 1. The zero-order valence-corrected chi connectivity index (χ0v) is 14.9. The van der Waals surface area contributed by atoms with Gasteiger partial charge < -0.3 is 19.6 Å². The summed E-state index contributed by atoms with van der Waals surface area (Å²) in [6.45, 7) is 8.52. The van der Waals surface area contributed by atoms with Crippen LogP contribution in [0.15, 0.2) is 22.6 Å². The van der Waals surface area contributed by atoms with Crippen molar-refractivity contribution in [2.75, 3.05) is 13.2 Å². The van der Waals surface area contributed by atoms with Crippen LogP contribution in [0.4, 0.5) is 0 Å². The first-order valence-electron chi connectivity index (χ1n) is 8.59. The molecule has 1 aromatic heterocycles. The summed E-state index contributed by atoms with van der Waals surface area (Å²) in [6.07, 6.45) is 0.580. The van der Waals surface area contributed by atoms with Gasteiger partial charge in [-0.1, -0.05) is 27.7 Å². The van der Waals surface area contributed by atoms with Crippen molar-refractivity contribution >= 4 is 16.8 Å². The normalized spacial score (nSPS) is 12.8. The number of hydrogen-bond donors (Lipinski definition) is 2. The highest BCUT2D eigenvalue weighted by Gasteiger charge is 2.17. The Kier molecular flexibility index (Phi) is 6.40. The van der Waals surface area contributed by atoms with Crippen LogP contribution in [0, 0.1) is 0 Å². The van der Waals surface area contributed by atoms with Crippen LogP contribution in [0.1, 0.15) is 50.2 Å². The quantitative estimate of drug-likeness (QED) is 0.689. The maximum Gasteiger partial charge on any atom is 0.176 e. The van der Waals surface area contributed by atoms with E-state index in [-0.39, 0.29) is 12.4 Å². The Hall–Kier alpha value is -1.85. The molecule has 1 atom stereocenters. The van der Waals surface area contributed by atoms with E-state index >= 15 is 0 Å². The lowest BCUT2D eigenvalue weighted by atomic mass is 10.0. The molecule has 2 N–H and O–H groups in total. The molecule has 0 spiro atoms. The first-order chi connectivity index (χ1) is 11.5. The number of aliphatic hydroxyl groups is 1. The van der Waals surface area contributed by atoms with Crippen LogP contribution >= 0.6 is 0 Å². The molecule has 0 saturated heterocycles. The van der Waals surface area contributed by atoms with Gasteiger partial charge in [0, 0.05) is 36.4 Å². The van der Waals surface area contributed by atoms with E-state index in [0.29, 0.717) is 35.9 Å². The van der Waals surface area contributed by atoms with Crippen LogP contribution in [0.25, 0.3) is 11.0 Å². The molecule has 5 nitrogen and oxygen atoms in total. The van der Waals surface area contributed by atoms with E-state index in [4.69, 9.17) is 9.15 Å². The van der Waals surface area contributed by atoms with E-state index in [1.54, 1.807) is 12.1 Å². The Bertz CT molecular complexity index is 690. The third-order valence-corrected chi connectivity index (χ3v) is 3.86. The predicted octanol–water partition coefficient (Wildman–Crippen LogP) is 3.33. The number of Topliss-reactive ketones (excluding diaryl/α,β-unsaturated/α-hetero) is 1. The van der Waals surface area contributed by atoms with Gasteiger partial charge >= 0.3 is 0 Å². The Balaban J connectivity index is 2.21. The molecule has 2 rings (SSSR count). The summed E-state index contributed by atoms with van der Waals surface area (Å²) in [4.78, 5) is 12.1. The minimum absolute atomic E-state index is 0.0798. The van der Waals surface area contributed by atoms with Gasteiger partial charge in [-0.25, -0.2) is 0 Å². The number of hydrogen-bond acceptors (Lipinski definition) is 5. The fourth-order valence-corrected chi connectivity index (χ4v) is 2.49. The monoisotopic (exact) mass is 333 g/mol. The highest BCUT2D eigenvalue weighted by atomic mass is 16.5. The first kappa shape index (κ1) is 18.5. The van der Waals surface area contributed by atoms with Crippen LogP contribution in [0.5, 0.6) is 5.75 Å². The number of furan rings is 1. The highest BCUT2D eigenvalue weighted by Crippen LogP contribution is 2.32. The van der Waals surface area contributed by atoms with Crippen LogP contribution in [0.2, 0.25) is 0 Å². The molecule has 0 saturated carbocycles. The van der Waals surface area contributed by atoms with Gasteiger partial charge in [-0.3, -0.25) is 4.79 Å². The summed E-state index contributed by atoms with van der Waals surface area (Å²) < 4.78 is 11.6. The molecule has 0 amide bonds. The Morgan fingerprint density at radius 3 is 2.71 bits per heavy atom. The number of aryl methyl sites for hydroxylation is 1. The van der Waals surface area contributed by atoms with Gasteiger partial charge in [-0.15, -0.1) is 0 Å². The largest absolute Gasteiger partial charge is 0.487 e. The average molecular weight is 333 g/mol. The van der Waals surface area contributed by atoms with Crippen LogP contribution in [0.3, 0.4) is 0 Å². The third kappa shape index (κ3) is 4.36. The van der Waals surface area contributed by atoms with Gasteiger partial charge in [0.25, 0.3) is 0 Å². The second kappa shape index (κ2) is 8.31. The molecule has 0 aliphatic heterocycles. The number of aliphatic hydroxyl groups excluding tert-OH is 1. The molecule has 5 heteroatoms. The summed E-state index contributed by atoms with van der Waals surface area (Å²) in [5.41, 5.74) is 1.24. The fourth-order valence-electron chi connectivity index (χ4n) is 2.49. The van der Waals surface area contributed by atoms with E-state index in [9.17, 15) is 9.90 Å². The topological polar surface area (TPSA) is 71.7 Å². The Morgan fingerprint density at radius 1 is 1.33 bits per heavy atom. The molecule has 2 aromatic rings. The van der Waals surface area contributed by atoms with Crippen molar-refractivity contribution in [2.24, 2.45) is 0 Å². The molecule has 0 radical (unpaired) electrons. The van der Waals surface area contributed by atoms with Crippen molar-refractivity contribution in [3.63, 3.8) is 0 Å². The standard InChI is InChI=1S/C19H27NO4/c1-5-14-9-16-15(17(22)6-2)7-8-18(19(16)24-14)23-11-13(21)10-20-12(3)4/h7-9,12-13,20-21H,5-6,10-11H2,1-4H3. The van der Waals surface area contributed by atoms with Crippen LogP contribution < -0.4 is 10.1 Å². The predicted molar refractivity (Wildman–Crippen MR) is 94.9 cm³/mol. The lowest BCUT2D eigenvalue weighted by Crippen LogP contribution is -2.35. The van der Waals surface area contributed by atoms with Gasteiger partial charge in [-0.05, 0) is 18.2 Å². The zero-order valence-electron chi connectivity index (χ0n) is 14.9. The van der Waals surface area contributed by atoms with E-state index in [0.717, 1.165) is 17.6 Å². The maximum absolute atomic E-state index is 12.1. The maximum atomic E-state index is 12.1. The lowest BCUT2D eigenvalue weighted by molar-refractivity contribution is 0.0988. The molecular formula is C19H27NO4. The summed E-state index contributed by atoms with van der Waals surface area (Å²) in [6, 6.07) is 5.73. The third-order valence-electron chi connectivity index (χ3n) is 3.86. The summed E-state index contributed by atoms with van der Waals surface area (Å²) in [5, 5.41) is 13.9. The molecule has 0 aliphatic carbocycles. The van der Waals surface area contributed by atoms with Gasteiger partial charge in [0.1, 0.15) is 18.5 Å². The summed E-state index contributed by atoms with van der Waals surface area (Å²) in [5.74, 6) is 1.45. The van der Waals surface area contributed by atoms with Gasteiger partial charge in [0.2, 0.25) is 0 Å². The van der Waals surface area contributed by atoms with Crippen molar-refractivity contribution in [1.29, 1.82) is 0 Å². The molecular weight excluding hydrogens is 306 g/mol. The molecule has 0 bridgehead atoms.